The van der Waals surface area contributed by atoms with Crippen LogP contribution in [0.3, 0.4) is 0 Å². The Morgan fingerprint density at radius 1 is 1.16 bits per heavy atom. The second-order valence-electron chi connectivity index (χ2n) is 4.82. The van der Waals surface area contributed by atoms with Gasteiger partial charge >= 0.3 is 0 Å². The minimum absolute atomic E-state index is 0.0358. The molecule has 0 radical (unpaired) electrons. The number of aromatic nitrogens is 1. The van der Waals surface area contributed by atoms with Gasteiger partial charge in [-0.15, -0.1) is 22.7 Å². The van der Waals surface area contributed by atoms with E-state index in [9.17, 15) is 15.3 Å². The highest BCUT2D eigenvalue weighted by molar-refractivity contribution is 8.00. The molecule has 25 heavy (non-hydrogen) atoms. The van der Waals surface area contributed by atoms with Crippen LogP contribution < -0.4 is 5.73 Å². The number of nitrogen functional groups attached to an aromatic ring is 1. The second-order valence-corrected chi connectivity index (χ2v) is 7.68. The summed E-state index contributed by atoms with van der Waals surface area (Å²) in [4.78, 5) is 17.8. The number of thioether (sulfide) groups is 1. The van der Waals surface area contributed by atoms with Crippen molar-refractivity contribution in [2.75, 3.05) is 11.5 Å². The van der Waals surface area contributed by atoms with E-state index >= 15 is 0 Å². The lowest BCUT2D eigenvalue weighted by atomic mass is 10.0. The summed E-state index contributed by atoms with van der Waals surface area (Å²) in [5.74, 6) is 0.180. The minimum Gasteiger partial charge on any atom is -0.383 e. The van der Waals surface area contributed by atoms with Crippen molar-refractivity contribution < 1.29 is 4.79 Å². The third-order valence-electron chi connectivity index (χ3n) is 3.32. The molecule has 2 N–H and O–H groups in total. The Bertz CT molecular complexity index is 996. The monoisotopic (exact) mass is 382 g/mol. The van der Waals surface area contributed by atoms with Crippen LogP contribution in [0, 0.1) is 22.7 Å². The predicted octanol–water partition coefficient (Wildman–Crippen LogP) is 4.17. The van der Waals surface area contributed by atoms with Gasteiger partial charge in [0.15, 0.2) is 5.78 Å². The Labute approximate surface area is 156 Å². The summed E-state index contributed by atoms with van der Waals surface area (Å²) < 4.78 is 0. The first-order valence-electron chi connectivity index (χ1n) is 7.02. The van der Waals surface area contributed by atoms with E-state index in [1.54, 1.807) is 6.07 Å². The first-order chi connectivity index (χ1) is 12.2. The van der Waals surface area contributed by atoms with Crippen LogP contribution in [0.1, 0.15) is 20.8 Å². The molecule has 0 fully saturated rings. The Morgan fingerprint density at radius 2 is 1.88 bits per heavy atom. The lowest BCUT2D eigenvalue weighted by molar-refractivity contribution is 0.102. The van der Waals surface area contributed by atoms with Crippen molar-refractivity contribution in [3.8, 4) is 22.6 Å². The lowest BCUT2D eigenvalue weighted by Crippen LogP contribution is -2.05. The zero-order valence-electron chi connectivity index (χ0n) is 12.7. The highest BCUT2D eigenvalue weighted by atomic mass is 32.2. The molecule has 0 spiro atoms. The third-order valence-corrected chi connectivity index (χ3v) is 6.09. The molecule has 0 amide bonds. The summed E-state index contributed by atoms with van der Waals surface area (Å²) in [5, 5.41) is 23.1. The molecular formula is C17H10N4OS3. The summed E-state index contributed by atoms with van der Waals surface area (Å²) in [6.45, 7) is 0. The number of hydrogen-bond donors (Lipinski definition) is 1. The van der Waals surface area contributed by atoms with Gasteiger partial charge in [0, 0.05) is 10.4 Å². The van der Waals surface area contributed by atoms with Crippen molar-refractivity contribution in [3.05, 3.63) is 51.0 Å². The first kappa shape index (κ1) is 17.2. The second kappa shape index (κ2) is 7.49. The zero-order chi connectivity index (χ0) is 17.8. The van der Waals surface area contributed by atoms with Crippen LogP contribution in [0.4, 0.5) is 5.82 Å². The molecule has 0 saturated heterocycles. The van der Waals surface area contributed by atoms with Crippen molar-refractivity contribution in [2.45, 2.75) is 5.03 Å². The summed E-state index contributed by atoms with van der Waals surface area (Å²) in [5.41, 5.74) is 6.88. The number of Topliss-reactive ketones (excluding diaryl/α,β-unsaturated/α-hetero) is 1. The number of nitriles is 2. The zero-order valence-corrected chi connectivity index (χ0v) is 15.2. The minimum atomic E-state index is -0.0358. The fourth-order valence-electron chi connectivity index (χ4n) is 2.21. The molecule has 0 saturated carbocycles. The molecule has 3 aromatic rings. The molecule has 0 aliphatic carbocycles. The lowest BCUT2D eigenvalue weighted by Gasteiger charge is -2.11. The van der Waals surface area contributed by atoms with E-state index < -0.39 is 0 Å². The number of thiophene rings is 2. The van der Waals surface area contributed by atoms with E-state index in [2.05, 4.69) is 11.1 Å². The molecule has 5 nitrogen and oxygen atoms in total. The van der Waals surface area contributed by atoms with E-state index in [0.717, 1.165) is 16.6 Å². The normalized spacial score (nSPS) is 10.2. The highest BCUT2D eigenvalue weighted by Crippen LogP contribution is 2.37. The molecule has 0 atom stereocenters. The van der Waals surface area contributed by atoms with Crippen LogP contribution in [-0.4, -0.2) is 16.5 Å². The van der Waals surface area contributed by atoms with Gasteiger partial charge in [0.05, 0.1) is 16.2 Å². The molecule has 3 heterocycles. The molecular weight excluding hydrogens is 372 g/mol. The largest absolute Gasteiger partial charge is 0.383 e. The number of ketones is 1. The molecule has 0 aliphatic rings. The van der Waals surface area contributed by atoms with E-state index in [1.807, 2.05) is 35.0 Å². The molecule has 0 aliphatic heterocycles. The number of rotatable bonds is 5. The number of hydrogen-bond acceptors (Lipinski definition) is 8. The molecule has 0 bridgehead atoms. The summed E-state index contributed by atoms with van der Waals surface area (Å²) >= 11 is 3.95. The van der Waals surface area contributed by atoms with Crippen LogP contribution >= 0.6 is 34.4 Å². The van der Waals surface area contributed by atoms with Crippen molar-refractivity contribution in [3.63, 3.8) is 0 Å². The SMILES string of the molecule is N#Cc1c(N)nc(SCC(=O)c2cccs2)c(C#N)c1-c1cccs1. The van der Waals surface area contributed by atoms with Crippen molar-refractivity contribution in [1.82, 2.24) is 4.98 Å². The maximum absolute atomic E-state index is 12.2. The summed E-state index contributed by atoms with van der Waals surface area (Å²) in [6.07, 6.45) is 0. The van der Waals surface area contributed by atoms with Gasteiger partial charge < -0.3 is 5.73 Å². The van der Waals surface area contributed by atoms with Gasteiger partial charge in [-0.05, 0) is 22.9 Å². The average Bonchev–Trinajstić information content (AvgIpc) is 3.32. The van der Waals surface area contributed by atoms with Crippen LogP contribution in [-0.2, 0) is 0 Å². The van der Waals surface area contributed by atoms with Crippen LogP contribution in [0.25, 0.3) is 10.4 Å². The maximum Gasteiger partial charge on any atom is 0.183 e. The molecule has 0 unspecified atom stereocenters. The van der Waals surface area contributed by atoms with Gasteiger partial charge in [0.25, 0.3) is 0 Å². The number of pyridine rings is 1. The smallest absolute Gasteiger partial charge is 0.183 e. The van der Waals surface area contributed by atoms with Gasteiger partial charge in [-0.2, -0.15) is 10.5 Å². The Hall–Kier alpha value is -2.65. The van der Waals surface area contributed by atoms with Crippen molar-refractivity contribution in [1.29, 1.82) is 10.5 Å². The average molecular weight is 382 g/mol. The van der Waals surface area contributed by atoms with Crippen LogP contribution in [0.5, 0.6) is 0 Å². The van der Waals surface area contributed by atoms with Gasteiger partial charge in [0.2, 0.25) is 0 Å². The fraction of sp³-hybridized carbons (Fsp3) is 0.0588. The van der Waals surface area contributed by atoms with Gasteiger partial charge in [-0.25, -0.2) is 4.98 Å². The summed E-state index contributed by atoms with van der Waals surface area (Å²) in [7, 11) is 0. The first-order valence-corrected chi connectivity index (χ1v) is 9.77. The molecule has 8 heteroatoms. The number of nitrogens with zero attached hydrogens (tertiary/aromatic N) is 3. The van der Waals surface area contributed by atoms with Gasteiger partial charge in [-0.1, -0.05) is 23.9 Å². The fourth-order valence-corrected chi connectivity index (χ4v) is 4.63. The number of carbonyl (C=O) groups excluding carboxylic acids is 1. The molecule has 3 rings (SSSR count). The third kappa shape index (κ3) is 3.42. The van der Waals surface area contributed by atoms with Crippen LogP contribution in [0.2, 0.25) is 0 Å². The Morgan fingerprint density at radius 3 is 2.48 bits per heavy atom. The highest BCUT2D eigenvalue weighted by Gasteiger charge is 2.21. The predicted molar refractivity (Wildman–Crippen MR) is 101 cm³/mol. The number of anilines is 1. The molecule has 122 valence electrons. The van der Waals surface area contributed by atoms with E-state index in [4.69, 9.17) is 5.73 Å². The molecule has 0 aromatic carbocycles. The van der Waals surface area contributed by atoms with Gasteiger partial charge in [0.1, 0.15) is 28.5 Å². The summed E-state index contributed by atoms with van der Waals surface area (Å²) in [6, 6.07) is 11.4. The van der Waals surface area contributed by atoms with E-state index in [-0.39, 0.29) is 28.5 Å². The van der Waals surface area contributed by atoms with E-state index in [0.29, 0.717) is 15.5 Å². The van der Waals surface area contributed by atoms with Crippen LogP contribution in [0.15, 0.2) is 40.1 Å². The standard InChI is InChI=1S/C17H10N4OS3/c18-7-10-15(14-4-2-6-24-14)11(8-19)17(21-16(10)20)25-9-12(22)13-3-1-5-23-13/h1-6H,9H2,(H2,20,21). The van der Waals surface area contributed by atoms with E-state index in [1.165, 1.54) is 22.7 Å². The molecule has 3 aromatic heterocycles. The quantitative estimate of drug-likeness (QED) is 0.524. The Kier molecular flexibility index (Phi) is 5.15. The number of nitrogens with two attached hydrogens (primary N) is 1. The maximum atomic E-state index is 12.2. The van der Waals surface area contributed by atoms with Gasteiger partial charge in [-0.3, -0.25) is 4.79 Å². The Balaban J connectivity index is 2.02. The van der Waals surface area contributed by atoms with Crippen molar-refractivity contribution in [2.24, 2.45) is 0 Å². The number of carbonyl (C=O) groups is 1. The van der Waals surface area contributed by atoms with Crippen molar-refractivity contribution >= 4 is 46.0 Å². The topological polar surface area (TPSA) is 104 Å².